The van der Waals surface area contributed by atoms with Gasteiger partial charge in [-0.15, -0.1) is 6.58 Å². The van der Waals surface area contributed by atoms with Crippen LogP contribution in [0.4, 0.5) is 0 Å². The number of benzene rings is 2. The highest BCUT2D eigenvalue weighted by molar-refractivity contribution is 5.97. The molecule has 2 aromatic carbocycles. The SMILES string of the molecule is C=CCCCCCCOc1ccc(C(=O)Oc2ccc(C(=O)C(C)CC)cc2)cc1. The van der Waals surface area contributed by atoms with Crippen LogP contribution in [0.25, 0.3) is 0 Å². The summed E-state index contributed by atoms with van der Waals surface area (Å²) in [6, 6.07) is 13.7. The minimum Gasteiger partial charge on any atom is -0.494 e. The first-order valence-corrected chi connectivity index (χ1v) is 10.7. The number of Topliss-reactive ketones (excluding diaryl/α,β-unsaturated/α-hetero) is 1. The topological polar surface area (TPSA) is 52.6 Å². The monoisotopic (exact) mass is 408 g/mol. The molecule has 2 rings (SSSR count). The van der Waals surface area contributed by atoms with Crippen LogP contribution in [0.2, 0.25) is 0 Å². The molecule has 0 N–H and O–H groups in total. The second-order valence-electron chi connectivity index (χ2n) is 7.45. The van der Waals surface area contributed by atoms with Gasteiger partial charge in [0.15, 0.2) is 5.78 Å². The van der Waals surface area contributed by atoms with E-state index in [0.29, 0.717) is 23.5 Å². The Bertz CT molecular complexity index is 806. The third-order valence-corrected chi connectivity index (χ3v) is 5.07. The van der Waals surface area contributed by atoms with E-state index in [4.69, 9.17) is 9.47 Å². The van der Waals surface area contributed by atoms with E-state index in [1.807, 2.05) is 19.9 Å². The minimum absolute atomic E-state index is 0.0172. The summed E-state index contributed by atoms with van der Waals surface area (Å²) in [5.74, 6) is 0.798. The summed E-state index contributed by atoms with van der Waals surface area (Å²) >= 11 is 0. The van der Waals surface area contributed by atoms with Crippen molar-refractivity contribution < 1.29 is 19.1 Å². The Morgan fingerprint density at radius 1 is 0.900 bits per heavy atom. The van der Waals surface area contributed by atoms with E-state index in [1.54, 1.807) is 48.5 Å². The zero-order chi connectivity index (χ0) is 21.8. The lowest BCUT2D eigenvalue weighted by Gasteiger charge is -2.09. The Balaban J connectivity index is 1.80. The number of allylic oxidation sites excluding steroid dienone is 1. The standard InChI is InChI=1S/C26H32O4/c1-4-6-7-8-9-10-19-29-23-15-13-22(14-16-23)26(28)30-24-17-11-21(12-18-24)25(27)20(3)5-2/h4,11-18,20H,1,5-10,19H2,2-3H3. The molecule has 0 fully saturated rings. The van der Waals surface area contributed by atoms with E-state index < -0.39 is 5.97 Å². The summed E-state index contributed by atoms with van der Waals surface area (Å²) in [7, 11) is 0. The van der Waals surface area contributed by atoms with Crippen molar-refractivity contribution in [1.29, 1.82) is 0 Å². The van der Waals surface area contributed by atoms with Crippen LogP contribution < -0.4 is 9.47 Å². The molecular formula is C26H32O4. The zero-order valence-corrected chi connectivity index (χ0v) is 18.1. The summed E-state index contributed by atoms with van der Waals surface area (Å²) in [5.41, 5.74) is 1.08. The third-order valence-electron chi connectivity index (χ3n) is 5.07. The molecule has 4 heteroatoms. The van der Waals surface area contributed by atoms with Crippen molar-refractivity contribution in [3.05, 3.63) is 72.3 Å². The van der Waals surface area contributed by atoms with Crippen molar-refractivity contribution in [2.45, 2.75) is 52.4 Å². The fourth-order valence-electron chi connectivity index (χ4n) is 2.94. The maximum Gasteiger partial charge on any atom is 0.343 e. The molecule has 0 bridgehead atoms. The molecule has 0 saturated heterocycles. The van der Waals surface area contributed by atoms with Crippen LogP contribution in [0, 0.1) is 5.92 Å². The van der Waals surface area contributed by atoms with Gasteiger partial charge in [-0.2, -0.15) is 0 Å². The van der Waals surface area contributed by atoms with Gasteiger partial charge in [0, 0.05) is 11.5 Å². The summed E-state index contributed by atoms with van der Waals surface area (Å²) < 4.78 is 11.1. The lowest BCUT2D eigenvalue weighted by Crippen LogP contribution is -2.11. The average Bonchev–Trinajstić information content (AvgIpc) is 2.78. The van der Waals surface area contributed by atoms with E-state index in [1.165, 1.54) is 12.8 Å². The molecule has 0 radical (unpaired) electrons. The van der Waals surface area contributed by atoms with Crippen LogP contribution in [-0.2, 0) is 0 Å². The molecule has 4 nitrogen and oxygen atoms in total. The van der Waals surface area contributed by atoms with Crippen LogP contribution in [-0.4, -0.2) is 18.4 Å². The molecule has 0 spiro atoms. The van der Waals surface area contributed by atoms with Crippen molar-refractivity contribution in [2.24, 2.45) is 5.92 Å². The molecule has 0 aromatic heterocycles. The zero-order valence-electron chi connectivity index (χ0n) is 18.1. The highest BCUT2D eigenvalue weighted by Crippen LogP contribution is 2.19. The third kappa shape index (κ3) is 7.51. The highest BCUT2D eigenvalue weighted by Gasteiger charge is 2.14. The smallest absolute Gasteiger partial charge is 0.343 e. The Morgan fingerprint density at radius 2 is 1.50 bits per heavy atom. The molecule has 0 aliphatic rings. The van der Waals surface area contributed by atoms with Gasteiger partial charge in [0.05, 0.1) is 12.2 Å². The van der Waals surface area contributed by atoms with Crippen molar-refractivity contribution >= 4 is 11.8 Å². The lowest BCUT2D eigenvalue weighted by atomic mass is 9.97. The Morgan fingerprint density at radius 3 is 2.13 bits per heavy atom. The fourth-order valence-corrected chi connectivity index (χ4v) is 2.94. The van der Waals surface area contributed by atoms with Gasteiger partial charge < -0.3 is 9.47 Å². The molecule has 1 atom stereocenters. The largest absolute Gasteiger partial charge is 0.494 e. The van der Waals surface area contributed by atoms with Gasteiger partial charge in [0.25, 0.3) is 0 Å². The summed E-state index contributed by atoms with van der Waals surface area (Å²) in [4.78, 5) is 24.5. The summed E-state index contributed by atoms with van der Waals surface area (Å²) in [6.45, 7) is 8.29. The molecule has 30 heavy (non-hydrogen) atoms. The van der Waals surface area contributed by atoms with E-state index in [2.05, 4.69) is 6.58 Å². The van der Waals surface area contributed by atoms with Crippen LogP contribution in [0.5, 0.6) is 11.5 Å². The predicted octanol–water partition coefficient (Wildman–Crippen LogP) is 6.65. The van der Waals surface area contributed by atoms with E-state index in [0.717, 1.165) is 31.4 Å². The first-order valence-electron chi connectivity index (χ1n) is 10.7. The summed E-state index contributed by atoms with van der Waals surface area (Å²) in [6.07, 6.45) is 8.33. The van der Waals surface area contributed by atoms with Gasteiger partial charge >= 0.3 is 5.97 Å². The van der Waals surface area contributed by atoms with Gasteiger partial charge in [-0.1, -0.05) is 32.8 Å². The van der Waals surface area contributed by atoms with Crippen LogP contribution in [0.15, 0.2) is 61.2 Å². The number of carbonyl (C=O) groups is 2. The lowest BCUT2D eigenvalue weighted by molar-refractivity contribution is 0.0734. The molecule has 0 saturated carbocycles. The predicted molar refractivity (Wildman–Crippen MR) is 120 cm³/mol. The quantitative estimate of drug-likeness (QED) is 0.122. The van der Waals surface area contributed by atoms with Crippen molar-refractivity contribution in [3.8, 4) is 11.5 Å². The van der Waals surface area contributed by atoms with E-state index in [-0.39, 0.29) is 11.7 Å². The highest BCUT2D eigenvalue weighted by atomic mass is 16.5. The van der Waals surface area contributed by atoms with Gasteiger partial charge in [-0.05, 0) is 74.2 Å². The van der Waals surface area contributed by atoms with Gasteiger partial charge in [0.2, 0.25) is 0 Å². The number of rotatable bonds is 13. The van der Waals surface area contributed by atoms with E-state index in [9.17, 15) is 9.59 Å². The second-order valence-corrected chi connectivity index (χ2v) is 7.45. The van der Waals surface area contributed by atoms with Crippen LogP contribution >= 0.6 is 0 Å². The van der Waals surface area contributed by atoms with Gasteiger partial charge in [0.1, 0.15) is 11.5 Å². The number of esters is 1. The fraction of sp³-hybridized carbons (Fsp3) is 0.385. The first-order chi connectivity index (χ1) is 14.5. The normalized spacial score (nSPS) is 11.5. The first kappa shape index (κ1) is 23.4. The van der Waals surface area contributed by atoms with E-state index >= 15 is 0 Å². The molecule has 0 amide bonds. The Hall–Kier alpha value is -2.88. The second kappa shape index (κ2) is 12.6. The number of ketones is 1. The number of hydrogen-bond acceptors (Lipinski definition) is 4. The van der Waals surface area contributed by atoms with Crippen LogP contribution in [0.3, 0.4) is 0 Å². The molecule has 2 aromatic rings. The average molecular weight is 409 g/mol. The minimum atomic E-state index is -0.440. The van der Waals surface area contributed by atoms with Crippen molar-refractivity contribution in [2.75, 3.05) is 6.61 Å². The van der Waals surface area contributed by atoms with Crippen molar-refractivity contribution in [1.82, 2.24) is 0 Å². The number of carbonyl (C=O) groups excluding carboxylic acids is 2. The molecule has 0 heterocycles. The maximum absolute atomic E-state index is 12.3. The number of ether oxygens (including phenoxy) is 2. The van der Waals surface area contributed by atoms with Gasteiger partial charge in [-0.3, -0.25) is 4.79 Å². The Kier molecular flexibility index (Phi) is 9.85. The molecule has 0 aliphatic heterocycles. The number of hydrogen-bond donors (Lipinski definition) is 0. The molecule has 1 unspecified atom stereocenters. The van der Waals surface area contributed by atoms with Gasteiger partial charge in [-0.25, -0.2) is 4.79 Å². The maximum atomic E-state index is 12.3. The molecular weight excluding hydrogens is 376 g/mol. The Labute approximate surface area is 179 Å². The van der Waals surface area contributed by atoms with Crippen molar-refractivity contribution in [3.63, 3.8) is 0 Å². The van der Waals surface area contributed by atoms with Crippen LogP contribution in [0.1, 0.15) is 73.1 Å². The molecule has 0 aliphatic carbocycles. The summed E-state index contributed by atoms with van der Waals surface area (Å²) in [5, 5.41) is 0. The number of unbranched alkanes of at least 4 members (excludes halogenated alkanes) is 4. The molecule has 160 valence electrons.